The maximum absolute atomic E-state index is 12.3. The van der Waals surface area contributed by atoms with E-state index in [1.54, 1.807) is 30.4 Å². The summed E-state index contributed by atoms with van der Waals surface area (Å²) in [6.07, 6.45) is 12.0. The summed E-state index contributed by atoms with van der Waals surface area (Å²) in [7, 11) is -3.17. The number of rotatable bonds is 7. The van der Waals surface area contributed by atoms with Crippen molar-refractivity contribution in [3.63, 3.8) is 0 Å². The van der Waals surface area contributed by atoms with Crippen LogP contribution in [0.1, 0.15) is 54.4 Å². The number of nitrogens with one attached hydrogen (secondary N) is 1. The molecular weight excluding hydrogens is 506 g/mol. The molecule has 37 heavy (non-hydrogen) atoms. The second-order valence-corrected chi connectivity index (χ2v) is 12.1. The van der Waals surface area contributed by atoms with Crippen LogP contribution in [0.15, 0.2) is 53.4 Å². The third kappa shape index (κ3) is 8.43. The molecule has 0 radical (unpaired) electrons. The van der Waals surface area contributed by atoms with Gasteiger partial charge in [0.15, 0.2) is 9.84 Å². The number of carbonyl (C=O) groups excluding carboxylic acids is 1. The van der Waals surface area contributed by atoms with Crippen molar-refractivity contribution in [3.05, 3.63) is 70.8 Å². The first-order valence-electron chi connectivity index (χ1n) is 12.8. The number of nitriles is 1. The molecule has 0 atom stereocenters. The molecule has 1 aliphatic carbocycles. The Labute approximate surface area is 227 Å². The standard InChI is InChI=1S/C29H35N3O3S.ClH/c1-36(34,35)28-12-9-25-15-18-32(19-16-26(25)20-28)17-14-23-6-10-27(11-7-23)31-29(33)13-8-22-2-4-24(21-30)5-3-22;/h2-5,8-9,12-13,20,23,27H,6-7,10-11,14-19H2,1H3,(H,31,33);1H/b13-8+;. The molecule has 1 saturated carbocycles. The van der Waals surface area contributed by atoms with Gasteiger partial charge in [-0.1, -0.05) is 18.2 Å². The number of benzene rings is 2. The molecule has 0 unspecified atom stereocenters. The van der Waals surface area contributed by atoms with Gasteiger partial charge in [0.1, 0.15) is 0 Å². The molecule has 2 aliphatic rings. The lowest BCUT2D eigenvalue weighted by atomic mass is 9.84. The van der Waals surface area contributed by atoms with Crippen molar-refractivity contribution in [1.82, 2.24) is 10.2 Å². The summed E-state index contributed by atoms with van der Waals surface area (Å²) in [5, 5.41) is 12.0. The van der Waals surface area contributed by atoms with Crippen LogP contribution in [-0.4, -0.2) is 51.2 Å². The predicted molar refractivity (Wildman–Crippen MR) is 149 cm³/mol. The highest BCUT2D eigenvalue weighted by molar-refractivity contribution is 7.90. The Balaban J connectivity index is 0.00000380. The van der Waals surface area contributed by atoms with E-state index >= 15 is 0 Å². The molecular formula is C29H36ClN3O3S. The predicted octanol–water partition coefficient (Wildman–Crippen LogP) is 4.56. The van der Waals surface area contributed by atoms with Gasteiger partial charge in [0.05, 0.1) is 16.5 Å². The summed E-state index contributed by atoms with van der Waals surface area (Å²) >= 11 is 0. The molecule has 0 bridgehead atoms. The molecule has 2 aromatic rings. The number of hydrogen-bond acceptors (Lipinski definition) is 5. The molecule has 1 fully saturated rings. The highest BCUT2D eigenvalue weighted by atomic mass is 35.5. The monoisotopic (exact) mass is 541 g/mol. The normalized spacial score (nSPS) is 20.3. The maximum Gasteiger partial charge on any atom is 0.244 e. The van der Waals surface area contributed by atoms with E-state index in [2.05, 4.69) is 16.3 Å². The molecule has 198 valence electrons. The van der Waals surface area contributed by atoms with Crippen LogP contribution in [-0.2, 0) is 27.5 Å². The Bertz CT molecular complexity index is 1240. The molecule has 1 heterocycles. The largest absolute Gasteiger partial charge is 0.350 e. The molecule has 0 spiro atoms. The van der Waals surface area contributed by atoms with Crippen molar-refractivity contribution in [3.8, 4) is 6.07 Å². The van der Waals surface area contributed by atoms with Gasteiger partial charge in [0.2, 0.25) is 5.91 Å². The average molecular weight is 542 g/mol. The molecule has 6 nitrogen and oxygen atoms in total. The van der Waals surface area contributed by atoms with Crippen molar-refractivity contribution in [2.45, 2.75) is 55.9 Å². The number of sulfone groups is 1. The summed E-state index contributed by atoms with van der Waals surface area (Å²) in [5.41, 5.74) is 3.96. The molecule has 4 rings (SSSR count). The third-order valence-electron chi connectivity index (χ3n) is 7.51. The topological polar surface area (TPSA) is 90.3 Å². The second-order valence-electron chi connectivity index (χ2n) is 10.1. The lowest BCUT2D eigenvalue weighted by Crippen LogP contribution is -2.37. The number of carbonyl (C=O) groups is 1. The van der Waals surface area contributed by atoms with Gasteiger partial charge in [-0.2, -0.15) is 5.26 Å². The fourth-order valence-corrected chi connectivity index (χ4v) is 5.92. The van der Waals surface area contributed by atoms with Gasteiger partial charge >= 0.3 is 0 Å². The van der Waals surface area contributed by atoms with Crippen molar-refractivity contribution >= 4 is 34.2 Å². The molecule has 1 amide bonds. The zero-order chi connectivity index (χ0) is 25.5. The highest BCUT2D eigenvalue weighted by Crippen LogP contribution is 2.28. The van der Waals surface area contributed by atoms with Crippen molar-refractivity contribution in [1.29, 1.82) is 5.26 Å². The minimum absolute atomic E-state index is 0. The lowest BCUT2D eigenvalue weighted by molar-refractivity contribution is -0.117. The van der Waals surface area contributed by atoms with Crippen LogP contribution >= 0.6 is 12.4 Å². The number of halogens is 1. The minimum Gasteiger partial charge on any atom is -0.350 e. The Morgan fingerprint density at radius 3 is 2.38 bits per heavy atom. The van der Waals surface area contributed by atoms with E-state index in [9.17, 15) is 13.2 Å². The number of amides is 1. The summed E-state index contributed by atoms with van der Waals surface area (Å²) in [6.45, 7) is 3.06. The van der Waals surface area contributed by atoms with Crippen LogP contribution in [0.25, 0.3) is 6.08 Å². The van der Waals surface area contributed by atoms with Crippen LogP contribution in [0.5, 0.6) is 0 Å². The van der Waals surface area contributed by atoms with Gasteiger partial charge in [0.25, 0.3) is 0 Å². The van der Waals surface area contributed by atoms with E-state index in [0.29, 0.717) is 16.4 Å². The summed E-state index contributed by atoms with van der Waals surface area (Å²) in [5.74, 6) is 0.626. The Kier molecular flexibility index (Phi) is 10.3. The van der Waals surface area contributed by atoms with E-state index < -0.39 is 9.84 Å². The molecule has 0 aromatic heterocycles. The van der Waals surface area contributed by atoms with E-state index in [0.717, 1.165) is 63.7 Å². The van der Waals surface area contributed by atoms with E-state index in [1.807, 2.05) is 24.3 Å². The van der Waals surface area contributed by atoms with Gasteiger partial charge < -0.3 is 10.2 Å². The summed E-state index contributed by atoms with van der Waals surface area (Å²) < 4.78 is 23.8. The fraction of sp³-hybridized carbons (Fsp3) is 0.448. The van der Waals surface area contributed by atoms with Gasteiger partial charge in [-0.15, -0.1) is 12.4 Å². The maximum atomic E-state index is 12.3. The molecule has 2 aromatic carbocycles. The Morgan fingerprint density at radius 1 is 1.05 bits per heavy atom. The van der Waals surface area contributed by atoms with Gasteiger partial charge in [-0.3, -0.25) is 4.79 Å². The highest BCUT2D eigenvalue weighted by Gasteiger charge is 2.23. The van der Waals surface area contributed by atoms with Crippen molar-refractivity contribution in [2.24, 2.45) is 5.92 Å². The summed E-state index contributed by atoms with van der Waals surface area (Å²) in [4.78, 5) is 15.3. The first kappa shape index (κ1) is 28.9. The van der Waals surface area contributed by atoms with Crippen LogP contribution in [0, 0.1) is 17.2 Å². The zero-order valence-corrected chi connectivity index (χ0v) is 23.0. The van der Waals surface area contributed by atoms with Crippen LogP contribution in [0.3, 0.4) is 0 Å². The van der Waals surface area contributed by atoms with Crippen LogP contribution in [0.2, 0.25) is 0 Å². The SMILES string of the molecule is CS(=O)(=O)c1ccc2c(c1)CCN(CCC1CCC(NC(=O)/C=C/c3ccc(C#N)cc3)CC1)CC2.Cl. The van der Waals surface area contributed by atoms with E-state index in [-0.39, 0.29) is 24.4 Å². The number of fused-ring (bicyclic) bond motifs is 1. The second kappa shape index (κ2) is 13.2. The first-order chi connectivity index (χ1) is 17.3. The fourth-order valence-electron chi connectivity index (χ4n) is 5.25. The minimum atomic E-state index is -3.17. The van der Waals surface area contributed by atoms with Gasteiger partial charge in [-0.05, 0) is 104 Å². The van der Waals surface area contributed by atoms with Crippen molar-refractivity contribution in [2.75, 3.05) is 25.9 Å². The van der Waals surface area contributed by atoms with E-state index in [4.69, 9.17) is 5.26 Å². The summed E-state index contributed by atoms with van der Waals surface area (Å²) in [6, 6.07) is 15.1. The number of nitrogens with zero attached hydrogens (tertiary/aromatic N) is 2. The molecule has 0 saturated heterocycles. The smallest absolute Gasteiger partial charge is 0.244 e. The Hall–Kier alpha value is -2.66. The van der Waals surface area contributed by atoms with Gasteiger partial charge in [-0.25, -0.2) is 8.42 Å². The molecule has 8 heteroatoms. The molecule has 1 N–H and O–H groups in total. The zero-order valence-electron chi connectivity index (χ0n) is 21.4. The third-order valence-corrected chi connectivity index (χ3v) is 8.62. The average Bonchev–Trinajstić information content (AvgIpc) is 3.09. The quantitative estimate of drug-likeness (QED) is 0.519. The van der Waals surface area contributed by atoms with E-state index in [1.165, 1.54) is 23.8 Å². The Morgan fingerprint density at radius 2 is 1.73 bits per heavy atom. The molecule has 1 aliphatic heterocycles. The van der Waals surface area contributed by atoms with Crippen LogP contribution < -0.4 is 5.32 Å². The lowest BCUT2D eigenvalue weighted by Gasteiger charge is -2.30. The number of hydrogen-bond donors (Lipinski definition) is 1. The van der Waals surface area contributed by atoms with Crippen LogP contribution in [0.4, 0.5) is 0 Å². The van der Waals surface area contributed by atoms with Gasteiger partial charge in [0, 0.05) is 31.5 Å². The van der Waals surface area contributed by atoms with Crippen molar-refractivity contribution < 1.29 is 13.2 Å². The first-order valence-corrected chi connectivity index (χ1v) is 14.7.